The highest BCUT2D eigenvalue weighted by atomic mass is 16.5. The smallest absolute Gasteiger partial charge is 0.312 e. The van der Waals surface area contributed by atoms with Crippen molar-refractivity contribution < 1.29 is 14.3 Å². The molecule has 4 fully saturated rings. The molecule has 4 bridgehead atoms. The zero-order valence-corrected chi connectivity index (χ0v) is 8.79. The lowest BCUT2D eigenvalue weighted by molar-refractivity contribution is -0.162. The quantitative estimate of drug-likeness (QED) is 0.671. The molecule has 4 heteroatoms. The highest BCUT2D eigenvalue weighted by molar-refractivity contribution is 5.93. The lowest BCUT2D eigenvalue weighted by Gasteiger charge is -2.35. The number of primary amides is 1. The van der Waals surface area contributed by atoms with Gasteiger partial charge in [-0.15, -0.1) is 0 Å². The maximum absolute atomic E-state index is 11.9. The van der Waals surface area contributed by atoms with Gasteiger partial charge < -0.3 is 10.5 Å². The van der Waals surface area contributed by atoms with Crippen LogP contribution in [-0.4, -0.2) is 19.0 Å². The Morgan fingerprint density at radius 2 is 1.60 bits per heavy atom. The Morgan fingerprint density at radius 1 is 1.13 bits per heavy atom. The van der Waals surface area contributed by atoms with Crippen molar-refractivity contribution in [3.63, 3.8) is 0 Å². The second kappa shape index (κ2) is 2.36. The van der Waals surface area contributed by atoms with Crippen molar-refractivity contribution >= 4 is 11.9 Å². The van der Waals surface area contributed by atoms with E-state index < -0.39 is 10.8 Å². The van der Waals surface area contributed by atoms with Crippen molar-refractivity contribution in [2.24, 2.45) is 28.4 Å². The molecule has 82 valence electrons. The first-order chi connectivity index (χ1) is 7.06. The summed E-state index contributed by atoms with van der Waals surface area (Å²) in [4.78, 5) is 23.6. The first-order valence-electron chi connectivity index (χ1n) is 5.44. The van der Waals surface area contributed by atoms with Crippen molar-refractivity contribution in [3.8, 4) is 0 Å². The van der Waals surface area contributed by atoms with Gasteiger partial charge in [0.25, 0.3) is 0 Å². The lowest BCUT2D eigenvalue weighted by atomic mass is 9.67. The summed E-state index contributed by atoms with van der Waals surface area (Å²) in [6, 6.07) is 0. The van der Waals surface area contributed by atoms with Gasteiger partial charge in [0, 0.05) is 0 Å². The van der Waals surface area contributed by atoms with Crippen LogP contribution in [0.4, 0.5) is 0 Å². The zero-order valence-electron chi connectivity index (χ0n) is 8.79. The molecule has 0 aliphatic heterocycles. The third kappa shape index (κ3) is 0.734. The molecule has 4 nitrogen and oxygen atoms in total. The van der Waals surface area contributed by atoms with Gasteiger partial charge in [-0.25, -0.2) is 0 Å². The van der Waals surface area contributed by atoms with Crippen LogP contribution in [0.3, 0.4) is 0 Å². The molecule has 0 saturated heterocycles. The average Bonchev–Trinajstić information content (AvgIpc) is 2.85. The van der Waals surface area contributed by atoms with Crippen LogP contribution < -0.4 is 5.73 Å². The predicted molar refractivity (Wildman–Crippen MR) is 51.5 cm³/mol. The molecule has 4 aliphatic rings. The number of hydrogen-bond donors (Lipinski definition) is 1. The SMILES string of the molecule is COC(=O)C12CC3CC1(C(N)=O)CC3C2. The van der Waals surface area contributed by atoms with E-state index >= 15 is 0 Å². The van der Waals surface area contributed by atoms with Gasteiger partial charge in [0.2, 0.25) is 5.91 Å². The molecular weight excluding hydrogens is 194 g/mol. The van der Waals surface area contributed by atoms with E-state index in [0.717, 1.165) is 25.7 Å². The van der Waals surface area contributed by atoms with Gasteiger partial charge in [-0.05, 0) is 37.5 Å². The second-order valence-electron chi connectivity index (χ2n) is 5.36. The van der Waals surface area contributed by atoms with Gasteiger partial charge in [0.15, 0.2) is 0 Å². The van der Waals surface area contributed by atoms with Gasteiger partial charge in [0.1, 0.15) is 0 Å². The van der Waals surface area contributed by atoms with E-state index in [4.69, 9.17) is 10.5 Å². The summed E-state index contributed by atoms with van der Waals surface area (Å²) in [7, 11) is 1.40. The summed E-state index contributed by atoms with van der Waals surface area (Å²) < 4.78 is 4.88. The fraction of sp³-hybridized carbons (Fsp3) is 0.818. The summed E-state index contributed by atoms with van der Waals surface area (Å²) >= 11 is 0. The van der Waals surface area contributed by atoms with Crippen molar-refractivity contribution in [3.05, 3.63) is 0 Å². The maximum atomic E-state index is 11.9. The number of esters is 1. The second-order valence-corrected chi connectivity index (χ2v) is 5.36. The van der Waals surface area contributed by atoms with Crippen molar-refractivity contribution in [1.29, 1.82) is 0 Å². The summed E-state index contributed by atoms with van der Waals surface area (Å²) in [5.41, 5.74) is 4.38. The average molecular weight is 209 g/mol. The number of ether oxygens (including phenoxy) is 1. The van der Waals surface area contributed by atoms with Crippen LogP contribution in [0.25, 0.3) is 0 Å². The summed E-state index contributed by atoms with van der Waals surface area (Å²) in [5, 5.41) is 0. The number of carbonyl (C=O) groups excluding carboxylic acids is 2. The van der Waals surface area contributed by atoms with E-state index in [1.54, 1.807) is 0 Å². The summed E-state index contributed by atoms with van der Waals surface area (Å²) in [6.45, 7) is 0. The van der Waals surface area contributed by atoms with Crippen LogP contribution in [0.1, 0.15) is 25.7 Å². The fourth-order valence-corrected chi connectivity index (χ4v) is 4.54. The van der Waals surface area contributed by atoms with Crippen molar-refractivity contribution in [1.82, 2.24) is 0 Å². The highest BCUT2D eigenvalue weighted by Crippen LogP contribution is 2.76. The molecule has 2 N–H and O–H groups in total. The third-order valence-electron chi connectivity index (χ3n) is 5.07. The largest absolute Gasteiger partial charge is 0.469 e. The number of nitrogens with two attached hydrogens (primary N) is 1. The first-order valence-corrected chi connectivity index (χ1v) is 5.44. The standard InChI is InChI=1S/C11H15NO3/c1-15-9(14)11-4-6-2-10(11,8(12)13)3-7(6)5-11/h6-7H,2-5H2,1H3,(H2,12,13). The number of rotatable bonds is 2. The van der Waals surface area contributed by atoms with Gasteiger partial charge in [-0.2, -0.15) is 0 Å². The molecule has 0 aromatic rings. The van der Waals surface area contributed by atoms with Crippen molar-refractivity contribution in [2.45, 2.75) is 25.7 Å². The van der Waals surface area contributed by atoms with Gasteiger partial charge in [-0.1, -0.05) is 0 Å². The molecule has 2 atom stereocenters. The fourth-order valence-electron chi connectivity index (χ4n) is 4.54. The number of amides is 1. The van der Waals surface area contributed by atoms with E-state index in [-0.39, 0.29) is 11.9 Å². The molecule has 15 heavy (non-hydrogen) atoms. The molecule has 0 aromatic carbocycles. The van der Waals surface area contributed by atoms with Crippen LogP contribution in [0.15, 0.2) is 0 Å². The molecule has 4 saturated carbocycles. The van der Waals surface area contributed by atoms with Crippen LogP contribution in [0.5, 0.6) is 0 Å². The zero-order chi connectivity index (χ0) is 10.8. The summed E-state index contributed by atoms with van der Waals surface area (Å²) in [5.74, 6) is 0.535. The molecule has 0 aromatic heterocycles. The van der Waals surface area contributed by atoms with E-state index in [9.17, 15) is 9.59 Å². The molecule has 0 radical (unpaired) electrons. The molecule has 2 unspecified atom stereocenters. The minimum atomic E-state index is -0.574. The Bertz CT molecular complexity index is 349. The maximum Gasteiger partial charge on any atom is 0.312 e. The van der Waals surface area contributed by atoms with E-state index in [1.807, 2.05) is 0 Å². The van der Waals surface area contributed by atoms with Crippen LogP contribution in [0.2, 0.25) is 0 Å². The van der Waals surface area contributed by atoms with Crippen LogP contribution in [0, 0.1) is 22.7 Å². The Kier molecular flexibility index (Phi) is 1.45. The Morgan fingerprint density at radius 3 is 2.00 bits per heavy atom. The Labute approximate surface area is 88.1 Å². The summed E-state index contributed by atoms with van der Waals surface area (Å²) in [6.07, 6.45) is 3.24. The van der Waals surface area contributed by atoms with E-state index in [1.165, 1.54) is 7.11 Å². The molecule has 0 spiro atoms. The highest BCUT2D eigenvalue weighted by Gasteiger charge is 2.77. The Hall–Kier alpha value is -1.06. The van der Waals surface area contributed by atoms with Crippen LogP contribution in [-0.2, 0) is 14.3 Å². The number of methoxy groups -OCH3 is 1. The predicted octanol–water partition coefficient (Wildman–Crippen LogP) is 0.451. The minimum absolute atomic E-state index is 0.219. The van der Waals surface area contributed by atoms with Crippen molar-refractivity contribution in [2.75, 3.05) is 7.11 Å². The normalized spacial score (nSPS) is 49.9. The Balaban J connectivity index is 2.10. The van der Waals surface area contributed by atoms with Crippen LogP contribution >= 0.6 is 0 Å². The van der Waals surface area contributed by atoms with Gasteiger partial charge in [0.05, 0.1) is 17.9 Å². The molecule has 4 rings (SSSR count). The topological polar surface area (TPSA) is 69.4 Å². The monoisotopic (exact) mass is 209 g/mol. The molecular formula is C11H15NO3. The van der Waals surface area contributed by atoms with E-state index in [2.05, 4.69) is 0 Å². The first kappa shape index (κ1) is 9.19. The minimum Gasteiger partial charge on any atom is -0.469 e. The molecule has 0 heterocycles. The lowest BCUT2D eigenvalue weighted by Crippen LogP contribution is -2.48. The molecule has 1 amide bonds. The third-order valence-corrected chi connectivity index (χ3v) is 5.07. The van der Waals surface area contributed by atoms with Gasteiger partial charge in [-0.3, -0.25) is 9.59 Å². The van der Waals surface area contributed by atoms with E-state index in [0.29, 0.717) is 11.8 Å². The van der Waals surface area contributed by atoms with Gasteiger partial charge >= 0.3 is 5.97 Å². The molecule has 4 aliphatic carbocycles. The number of carbonyl (C=O) groups is 2. The number of hydrogen-bond acceptors (Lipinski definition) is 3.